The first-order valence-electron chi connectivity index (χ1n) is 5.28. The number of thiocarbonyl (C=S) groups is 1. The first kappa shape index (κ1) is 15.1. The summed E-state index contributed by atoms with van der Waals surface area (Å²) >= 11 is 5.02. The van der Waals surface area contributed by atoms with Gasteiger partial charge in [0.15, 0.2) is 5.11 Å². The minimum Gasteiger partial charge on any atom is -0.383 e. The van der Waals surface area contributed by atoms with Gasteiger partial charge in [-0.2, -0.15) is 0 Å². The topological polar surface area (TPSA) is 62.4 Å². The first-order chi connectivity index (χ1) is 7.45. The molecule has 1 unspecified atom stereocenters. The van der Waals surface area contributed by atoms with E-state index in [2.05, 4.69) is 16.0 Å². The normalized spacial score (nSPS) is 12.1. The van der Waals surface area contributed by atoms with E-state index < -0.39 is 0 Å². The van der Waals surface area contributed by atoms with E-state index in [1.807, 2.05) is 20.8 Å². The Kier molecular flexibility index (Phi) is 7.84. The SMILES string of the molecule is COCC(C)NC(=S)NCC(=O)NC(C)C. The van der Waals surface area contributed by atoms with Crippen molar-refractivity contribution in [3.05, 3.63) is 0 Å². The number of carbonyl (C=O) groups is 1. The maximum Gasteiger partial charge on any atom is 0.239 e. The van der Waals surface area contributed by atoms with E-state index in [-0.39, 0.29) is 24.5 Å². The number of ether oxygens (including phenoxy) is 1. The number of hydrogen-bond donors (Lipinski definition) is 3. The van der Waals surface area contributed by atoms with Crippen LogP contribution >= 0.6 is 12.2 Å². The molecule has 0 aromatic carbocycles. The molecule has 0 aliphatic rings. The summed E-state index contributed by atoms with van der Waals surface area (Å²) in [5, 5.41) is 9.06. The van der Waals surface area contributed by atoms with Crippen molar-refractivity contribution in [2.24, 2.45) is 0 Å². The van der Waals surface area contributed by atoms with Crippen molar-refractivity contribution in [1.82, 2.24) is 16.0 Å². The zero-order chi connectivity index (χ0) is 12.6. The Labute approximate surface area is 102 Å². The zero-order valence-corrected chi connectivity index (χ0v) is 11.1. The van der Waals surface area contributed by atoms with Gasteiger partial charge in [-0.05, 0) is 33.0 Å². The molecule has 0 radical (unpaired) electrons. The Morgan fingerprint density at radius 2 is 1.94 bits per heavy atom. The molecule has 16 heavy (non-hydrogen) atoms. The van der Waals surface area contributed by atoms with E-state index in [4.69, 9.17) is 17.0 Å². The van der Waals surface area contributed by atoms with Crippen molar-refractivity contribution in [1.29, 1.82) is 0 Å². The molecule has 0 rings (SSSR count). The predicted molar refractivity (Wildman–Crippen MR) is 68.4 cm³/mol. The van der Waals surface area contributed by atoms with Gasteiger partial charge in [-0.3, -0.25) is 4.79 Å². The molecule has 0 saturated carbocycles. The monoisotopic (exact) mass is 247 g/mol. The van der Waals surface area contributed by atoms with Crippen molar-refractivity contribution in [3.63, 3.8) is 0 Å². The number of rotatable bonds is 6. The summed E-state index contributed by atoms with van der Waals surface area (Å²) in [7, 11) is 1.63. The predicted octanol–water partition coefficient (Wildman–Crippen LogP) is 0.0100. The summed E-state index contributed by atoms with van der Waals surface area (Å²) in [6.07, 6.45) is 0. The lowest BCUT2D eigenvalue weighted by Gasteiger charge is -2.16. The van der Waals surface area contributed by atoms with E-state index in [1.165, 1.54) is 0 Å². The lowest BCUT2D eigenvalue weighted by molar-refractivity contribution is -0.120. The Morgan fingerprint density at radius 1 is 1.31 bits per heavy atom. The molecule has 0 bridgehead atoms. The van der Waals surface area contributed by atoms with Gasteiger partial charge >= 0.3 is 0 Å². The van der Waals surface area contributed by atoms with E-state index in [1.54, 1.807) is 7.11 Å². The molecule has 0 aromatic heterocycles. The molecule has 0 spiro atoms. The van der Waals surface area contributed by atoms with Crippen LogP contribution in [-0.4, -0.2) is 43.4 Å². The van der Waals surface area contributed by atoms with Crippen LogP contribution in [0.5, 0.6) is 0 Å². The molecule has 6 heteroatoms. The van der Waals surface area contributed by atoms with Crippen LogP contribution < -0.4 is 16.0 Å². The zero-order valence-electron chi connectivity index (χ0n) is 10.3. The third kappa shape index (κ3) is 8.43. The molecule has 94 valence electrons. The summed E-state index contributed by atoms with van der Waals surface area (Å²) in [6, 6.07) is 0.265. The molecule has 0 aliphatic carbocycles. The Bertz CT molecular complexity index is 234. The lowest BCUT2D eigenvalue weighted by atomic mass is 10.4. The fraction of sp³-hybridized carbons (Fsp3) is 0.800. The van der Waals surface area contributed by atoms with Gasteiger partial charge in [0.1, 0.15) is 0 Å². The smallest absolute Gasteiger partial charge is 0.239 e. The van der Waals surface area contributed by atoms with Gasteiger partial charge in [0.05, 0.1) is 13.2 Å². The molecule has 5 nitrogen and oxygen atoms in total. The number of hydrogen-bond acceptors (Lipinski definition) is 3. The highest BCUT2D eigenvalue weighted by molar-refractivity contribution is 7.80. The second-order valence-corrected chi connectivity index (χ2v) is 4.31. The standard InChI is InChI=1S/C10H21N3O2S/c1-7(2)12-9(14)5-11-10(16)13-8(3)6-15-4/h7-8H,5-6H2,1-4H3,(H,12,14)(H2,11,13,16). The summed E-state index contributed by atoms with van der Waals surface area (Å²) in [5.41, 5.74) is 0. The van der Waals surface area contributed by atoms with E-state index in [0.29, 0.717) is 11.7 Å². The van der Waals surface area contributed by atoms with E-state index in [9.17, 15) is 4.79 Å². The van der Waals surface area contributed by atoms with Gasteiger partial charge in [-0.25, -0.2) is 0 Å². The number of nitrogens with one attached hydrogen (secondary N) is 3. The van der Waals surface area contributed by atoms with Crippen LogP contribution in [0.25, 0.3) is 0 Å². The molecular formula is C10H21N3O2S. The molecule has 1 amide bonds. The molecule has 0 fully saturated rings. The Hall–Kier alpha value is -0.880. The van der Waals surface area contributed by atoms with Crippen molar-refractivity contribution in [2.75, 3.05) is 20.3 Å². The summed E-state index contributed by atoms with van der Waals surface area (Å²) in [6.45, 7) is 6.53. The highest BCUT2D eigenvalue weighted by atomic mass is 32.1. The van der Waals surface area contributed by atoms with Gasteiger partial charge in [0.2, 0.25) is 5.91 Å². The van der Waals surface area contributed by atoms with Crippen molar-refractivity contribution < 1.29 is 9.53 Å². The fourth-order valence-corrected chi connectivity index (χ4v) is 1.37. The van der Waals surface area contributed by atoms with Gasteiger partial charge in [-0.1, -0.05) is 0 Å². The quantitative estimate of drug-likeness (QED) is 0.577. The molecule has 0 aliphatic heterocycles. The second-order valence-electron chi connectivity index (χ2n) is 3.91. The molecule has 0 aromatic rings. The van der Waals surface area contributed by atoms with Gasteiger partial charge in [-0.15, -0.1) is 0 Å². The van der Waals surface area contributed by atoms with E-state index in [0.717, 1.165) is 0 Å². The van der Waals surface area contributed by atoms with Gasteiger partial charge in [0.25, 0.3) is 0 Å². The van der Waals surface area contributed by atoms with Crippen LogP contribution in [-0.2, 0) is 9.53 Å². The minimum atomic E-state index is -0.0708. The summed E-state index contributed by atoms with van der Waals surface area (Å²) in [5.74, 6) is -0.0708. The van der Waals surface area contributed by atoms with Crippen molar-refractivity contribution >= 4 is 23.2 Å². The fourth-order valence-electron chi connectivity index (χ4n) is 1.10. The van der Waals surface area contributed by atoms with Crippen LogP contribution in [0.1, 0.15) is 20.8 Å². The highest BCUT2D eigenvalue weighted by Gasteiger charge is 2.06. The second kappa shape index (κ2) is 8.29. The van der Waals surface area contributed by atoms with Gasteiger partial charge < -0.3 is 20.7 Å². The lowest BCUT2D eigenvalue weighted by Crippen LogP contribution is -2.46. The first-order valence-corrected chi connectivity index (χ1v) is 5.69. The van der Waals surface area contributed by atoms with Crippen LogP contribution in [0, 0.1) is 0 Å². The Balaban J connectivity index is 3.68. The molecular weight excluding hydrogens is 226 g/mol. The van der Waals surface area contributed by atoms with Crippen LogP contribution in [0.15, 0.2) is 0 Å². The average Bonchev–Trinajstić information content (AvgIpc) is 2.14. The van der Waals surface area contributed by atoms with Crippen LogP contribution in [0.3, 0.4) is 0 Å². The number of methoxy groups -OCH3 is 1. The minimum absolute atomic E-state index is 0.0708. The van der Waals surface area contributed by atoms with Crippen LogP contribution in [0.2, 0.25) is 0 Å². The largest absolute Gasteiger partial charge is 0.383 e. The highest BCUT2D eigenvalue weighted by Crippen LogP contribution is 1.82. The average molecular weight is 247 g/mol. The summed E-state index contributed by atoms with van der Waals surface area (Å²) in [4.78, 5) is 11.3. The van der Waals surface area contributed by atoms with Crippen molar-refractivity contribution in [3.8, 4) is 0 Å². The number of carbonyl (C=O) groups excluding carboxylic acids is 1. The maximum atomic E-state index is 11.3. The van der Waals surface area contributed by atoms with E-state index >= 15 is 0 Å². The maximum absolute atomic E-state index is 11.3. The Morgan fingerprint density at radius 3 is 2.44 bits per heavy atom. The summed E-state index contributed by atoms with van der Waals surface area (Å²) < 4.78 is 4.95. The molecule has 1 atom stereocenters. The number of amides is 1. The van der Waals surface area contributed by atoms with Gasteiger partial charge in [0, 0.05) is 19.2 Å². The third-order valence-electron chi connectivity index (χ3n) is 1.65. The molecule has 0 heterocycles. The third-order valence-corrected chi connectivity index (χ3v) is 1.92. The van der Waals surface area contributed by atoms with Crippen LogP contribution in [0.4, 0.5) is 0 Å². The molecule has 0 saturated heterocycles. The molecule has 3 N–H and O–H groups in total. The van der Waals surface area contributed by atoms with Crippen molar-refractivity contribution in [2.45, 2.75) is 32.9 Å².